The Bertz CT molecular complexity index is 423. The van der Waals surface area contributed by atoms with Crippen LogP contribution in [0.25, 0.3) is 10.4 Å². The predicted octanol–water partition coefficient (Wildman–Crippen LogP) is 1.85. The number of benzene rings is 1. The van der Waals surface area contributed by atoms with E-state index in [1.54, 1.807) is 16.8 Å². The molecule has 0 radical (unpaired) electrons. The van der Waals surface area contributed by atoms with Gasteiger partial charge in [-0.05, 0) is 17.7 Å². The first kappa shape index (κ1) is 9.18. The minimum Gasteiger partial charge on any atom is -0.398 e. The lowest BCUT2D eigenvalue weighted by Gasteiger charge is -2.04. The molecule has 0 unspecified atom stereocenters. The highest BCUT2D eigenvalue weighted by molar-refractivity contribution is 7.13. The van der Waals surface area contributed by atoms with Crippen molar-refractivity contribution in [3.63, 3.8) is 0 Å². The van der Waals surface area contributed by atoms with Crippen molar-refractivity contribution in [2.45, 2.75) is 6.54 Å². The van der Waals surface area contributed by atoms with Gasteiger partial charge >= 0.3 is 0 Å². The summed E-state index contributed by atoms with van der Waals surface area (Å²) in [5.74, 6) is 0. The van der Waals surface area contributed by atoms with E-state index in [1.165, 1.54) is 0 Å². The highest BCUT2D eigenvalue weighted by Crippen LogP contribution is 2.29. The monoisotopic (exact) mass is 205 g/mol. The first-order chi connectivity index (χ1) is 6.81. The van der Waals surface area contributed by atoms with Crippen LogP contribution in [0.1, 0.15) is 5.56 Å². The van der Waals surface area contributed by atoms with Gasteiger partial charge in [0.25, 0.3) is 0 Å². The van der Waals surface area contributed by atoms with E-state index >= 15 is 0 Å². The lowest BCUT2D eigenvalue weighted by molar-refractivity contribution is 1.07. The zero-order chi connectivity index (χ0) is 9.97. The van der Waals surface area contributed by atoms with Gasteiger partial charge in [0.2, 0.25) is 0 Å². The normalized spacial score (nSPS) is 10.4. The summed E-state index contributed by atoms with van der Waals surface area (Å²) < 4.78 is 0. The zero-order valence-electron chi connectivity index (χ0n) is 7.60. The first-order valence-corrected chi connectivity index (χ1v) is 5.16. The smallest absolute Gasteiger partial charge is 0.0797 e. The number of nitrogens with zero attached hydrogens (tertiary/aromatic N) is 1. The van der Waals surface area contributed by atoms with Crippen molar-refractivity contribution < 1.29 is 0 Å². The zero-order valence-corrected chi connectivity index (χ0v) is 8.42. The molecule has 1 aromatic heterocycles. The van der Waals surface area contributed by atoms with E-state index in [0.717, 1.165) is 21.7 Å². The number of hydrogen-bond donors (Lipinski definition) is 2. The molecule has 0 saturated carbocycles. The second-order valence-corrected chi connectivity index (χ2v) is 3.88. The number of thiazole rings is 1. The predicted molar refractivity (Wildman–Crippen MR) is 59.9 cm³/mol. The minimum absolute atomic E-state index is 0.534. The molecule has 0 fully saturated rings. The number of nitrogen functional groups attached to an aromatic ring is 1. The maximum absolute atomic E-state index is 5.87. The fraction of sp³-hybridized carbons (Fsp3) is 0.100. The highest BCUT2D eigenvalue weighted by Gasteiger charge is 2.04. The molecule has 14 heavy (non-hydrogen) atoms. The van der Waals surface area contributed by atoms with E-state index in [4.69, 9.17) is 11.5 Å². The highest BCUT2D eigenvalue weighted by atomic mass is 32.1. The SMILES string of the molecule is NCc1ccc(N)c(-c2cncs2)c1. The quantitative estimate of drug-likeness (QED) is 0.735. The number of aromatic nitrogens is 1. The van der Waals surface area contributed by atoms with Gasteiger partial charge in [-0.15, -0.1) is 11.3 Å². The minimum atomic E-state index is 0.534. The molecule has 72 valence electrons. The average Bonchev–Trinajstić information content (AvgIpc) is 2.71. The Hall–Kier alpha value is -1.39. The van der Waals surface area contributed by atoms with E-state index < -0.39 is 0 Å². The maximum Gasteiger partial charge on any atom is 0.0797 e. The van der Waals surface area contributed by atoms with Crippen molar-refractivity contribution in [1.29, 1.82) is 0 Å². The lowest BCUT2D eigenvalue weighted by Crippen LogP contribution is -1.97. The van der Waals surface area contributed by atoms with Gasteiger partial charge in [-0.3, -0.25) is 4.98 Å². The van der Waals surface area contributed by atoms with E-state index in [-0.39, 0.29) is 0 Å². The molecule has 1 heterocycles. The van der Waals surface area contributed by atoms with E-state index in [1.807, 2.05) is 24.4 Å². The molecule has 0 saturated heterocycles. The van der Waals surface area contributed by atoms with Crippen LogP contribution in [0.2, 0.25) is 0 Å². The molecule has 1 aromatic carbocycles. The molecule has 0 aliphatic rings. The fourth-order valence-corrected chi connectivity index (χ4v) is 1.95. The molecule has 3 nitrogen and oxygen atoms in total. The molecule has 2 aromatic rings. The summed E-state index contributed by atoms with van der Waals surface area (Å²) in [7, 11) is 0. The Morgan fingerprint density at radius 3 is 2.86 bits per heavy atom. The first-order valence-electron chi connectivity index (χ1n) is 4.28. The van der Waals surface area contributed by atoms with Gasteiger partial charge in [-0.2, -0.15) is 0 Å². The molecule has 2 rings (SSSR count). The topological polar surface area (TPSA) is 64.9 Å². The molecule has 0 spiro atoms. The van der Waals surface area contributed by atoms with E-state index in [0.29, 0.717) is 6.54 Å². The van der Waals surface area contributed by atoms with E-state index in [2.05, 4.69) is 4.98 Å². The van der Waals surface area contributed by atoms with Crippen molar-refractivity contribution in [2.75, 3.05) is 5.73 Å². The van der Waals surface area contributed by atoms with Gasteiger partial charge in [0, 0.05) is 24.0 Å². The lowest BCUT2D eigenvalue weighted by atomic mass is 10.1. The molecule has 0 atom stereocenters. The van der Waals surface area contributed by atoms with Gasteiger partial charge < -0.3 is 11.5 Å². The molecule has 4 N–H and O–H groups in total. The summed E-state index contributed by atoms with van der Waals surface area (Å²) in [6, 6.07) is 5.85. The Balaban J connectivity index is 2.51. The molecule has 0 aliphatic heterocycles. The van der Waals surface area contributed by atoms with E-state index in [9.17, 15) is 0 Å². The molecular weight excluding hydrogens is 194 g/mol. The molecule has 0 amide bonds. The van der Waals surface area contributed by atoms with Crippen molar-refractivity contribution >= 4 is 17.0 Å². The number of nitrogens with two attached hydrogens (primary N) is 2. The Labute approximate surface area is 86.4 Å². The fourth-order valence-electron chi connectivity index (χ4n) is 1.29. The Morgan fingerprint density at radius 1 is 1.36 bits per heavy atom. The van der Waals surface area contributed by atoms with Crippen molar-refractivity contribution in [3.8, 4) is 10.4 Å². The van der Waals surface area contributed by atoms with Crippen LogP contribution in [0.5, 0.6) is 0 Å². The maximum atomic E-state index is 5.87. The largest absolute Gasteiger partial charge is 0.398 e. The van der Waals surface area contributed by atoms with Crippen LogP contribution in [0, 0.1) is 0 Å². The van der Waals surface area contributed by atoms with Crippen molar-refractivity contribution in [2.24, 2.45) is 5.73 Å². The Morgan fingerprint density at radius 2 is 2.21 bits per heavy atom. The summed E-state index contributed by atoms with van der Waals surface area (Å²) in [5.41, 5.74) is 16.1. The summed E-state index contributed by atoms with van der Waals surface area (Å²) in [6.07, 6.45) is 1.82. The summed E-state index contributed by atoms with van der Waals surface area (Å²) in [5, 5.41) is 0. The van der Waals surface area contributed by atoms with Gasteiger partial charge in [-0.25, -0.2) is 0 Å². The third-order valence-corrected chi connectivity index (χ3v) is 2.86. The summed E-state index contributed by atoms with van der Waals surface area (Å²) >= 11 is 1.58. The van der Waals surface area contributed by atoms with Gasteiger partial charge in [-0.1, -0.05) is 6.07 Å². The molecule has 0 bridgehead atoms. The standard InChI is InChI=1S/C10H11N3S/c11-4-7-1-2-9(12)8(3-7)10-5-13-6-14-10/h1-3,5-6H,4,11-12H2. The van der Waals surface area contributed by atoms with Crippen LogP contribution in [0.4, 0.5) is 5.69 Å². The third kappa shape index (κ3) is 1.62. The molecule has 4 heteroatoms. The van der Waals surface area contributed by atoms with Crippen LogP contribution in [-0.4, -0.2) is 4.98 Å². The van der Waals surface area contributed by atoms with Gasteiger partial charge in [0.05, 0.1) is 10.4 Å². The summed E-state index contributed by atoms with van der Waals surface area (Å²) in [6.45, 7) is 0.534. The third-order valence-electron chi connectivity index (χ3n) is 2.05. The second kappa shape index (κ2) is 3.77. The molecular formula is C10H11N3S. The van der Waals surface area contributed by atoms with Crippen LogP contribution < -0.4 is 11.5 Å². The number of hydrogen-bond acceptors (Lipinski definition) is 4. The van der Waals surface area contributed by atoms with Crippen LogP contribution in [-0.2, 0) is 6.54 Å². The number of anilines is 1. The average molecular weight is 205 g/mol. The van der Waals surface area contributed by atoms with Crippen LogP contribution >= 0.6 is 11.3 Å². The van der Waals surface area contributed by atoms with Gasteiger partial charge in [0.1, 0.15) is 0 Å². The number of rotatable bonds is 2. The summed E-state index contributed by atoms with van der Waals surface area (Å²) in [4.78, 5) is 5.11. The van der Waals surface area contributed by atoms with Gasteiger partial charge in [0.15, 0.2) is 0 Å². The van der Waals surface area contributed by atoms with Crippen LogP contribution in [0.3, 0.4) is 0 Å². The molecule has 0 aliphatic carbocycles. The van der Waals surface area contributed by atoms with Crippen molar-refractivity contribution in [1.82, 2.24) is 4.98 Å². The van der Waals surface area contributed by atoms with Crippen molar-refractivity contribution in [3.05, 3.63) is 35.5 Å². The van der Waals surface area contributed by atoms with Crippen LogP contribution in [0.15, 0.2) is 29.9 Å². The second-order valence-electron chi connectivity index (χ2n) is 2.99. The Kier molecular flexibility index (Phi) is 2.47.